The number of nitrogens with one attached hydrogen (secondary N) is 1. The van der Waals surface area contributed by atoms with Crippen LogP contribution in [0.3, 0.4) is 0 Å². The van der Waals surface area contributed by atoms with E-state index in [1.54, 1.807) is 18.2 Å². The maximum atomic E-state index is 12.9. The van der Waals surface area contributed by atoms with E-state index in [1.807, 2.05) is 35.8 Å². The number of aryl methyl sites for hydroxylation is 1. The van der Waals surface area contributed by atoms with Gasteiger partial charge in [0.25, 0.3) is 0 Å². The molecule has 7 nitrogen and oxygen atoms in total. The van der Waals surface area contributed by atoms with Gasteiger partial charge >= 0.3 is 0 Å². The lowest BCUT2D eigenvalue weighted by Gasteiger charge is -2.26. The van der Waals surface area contributed by atoms with Crippen molar-refractivity contribution in [1.29, 1.82) is 0 Å². The number of amides is 1. The number of carbonyl (C=O) groups excluding carboxylic acids is 1. The summed E-state index contributed by atoms with van der Waals surface area (Å²) in [5, 5.41) is 2.84. The third kappa shape index (κ3) is 4.11. The first-order chi connectivity index (χ1) is 14.5. The van der Waals surface area contributed by atoms with Crippen molar-refractivity contribution in [3.8, 4) is 0 Å². The van der Waals surface area contributed by atoms with Gasteiger partial charge in [0, 0.05) is 25.2 Å². The molecule has 8 heteroatoms. The van der Waals surface area contributed by atoms with Crippen molar-refractivity contribution in [2.45, 2.75) is 44.0 Å². The van der Waals surface area contributed by atoms with Crippen molar-refractivity contribution >= 4 is 32.7 Å². The number of carbonyl (C=O) groups is 1. The zero-order chi connectivity index (χ0) is 21.1. The first kappa shape index (κ1) is 20.6. The molecule has 4 rings (SSSR count). The van der Waals surface area contributed by atoms with E-state index in [9.17, 15) is 13.2 Å². The monoisotopic (exact) mass is 426 g/mol. The third-order valence-electron chi connectivity index (χ3n) is 5.42. The van der Waals surface area contributed by atoms with Gasteiger partial charge < -0.3 is 9.88 Å². The lowest BCUT2D eigenvalue weighted by molar-refractivity contribution is -0.116. The highest BCUT2D eigenvalue weighted by molar-refractivity contribution is 7.89. The summed E-state index contributed by atoms with van der Waals surface area (Å²) in [7, 11) is -3.54. The highest BCUT2D eigenvalue weighted by Crippen LogP contribution is 2.23. The lowest BCUT2D eigenvalue weighted by Crippen LogP contribution is -2.35. The molecule has 30 heavy (non-hydrogen) atoms. The number of nitrogens with zero attached hydrogens (tertiary/aromatic N) is 3. The number of aromatic nitrogens is 2. The predicted octanol–water partition coefficient (Wildman–Crippen LogP) is 3.41. The van der Waals surface area contributed by atoms with Crippen molar-refractivity contribution in [1.82, 2.24) is 13.9 Å². The van der Waals surface area contributed by atoms with Crippen molar-refractivity contribution in [2.24, 2.45) is 0 Å². The number of benzene rings is 2. The number of fused-ring (bicyclic) bond motifs is 1. The fourth-order valence-electron chi connectivity index (χ4n) is 3.90. The number of sulfonamides is 1. The molecular formula is C22H26N4O3S. The van der Waals surface area contributed by atoms with Crippen LogP contribution in [-0.4, -0.2) is 41.3 Å². The Bertz CT molecular complexity index is 1160. The molecule has 0 bridgehead atoms. The molecule has 2 heterocycles. The summed E-state index contributed by atoms with van der Waals surface area (Å²) in [6, 6.07) is 14.2. The molecule has 0 atom stereocenters. The number of rotatable bonds is 6. The summed E-state index contributed by atoms with van der Waals surface area (Å²) in [4.78, 5) is 17.5. The Morgan fingerprint density at radius 2 is 1.83 bits per heavy atom. The second kappa shape index (κ2) is 8.57. The predicted molar refractivity (Wildman–Crippen MR) is 117 cm³/mol. The molecule has 1 saturated heterocycles. The van der Waals surface area contributed by atoms with Crippen molar-refractivity contribution < 1.29 is 13.2 Å². The van der Waals surface area contributed by atoms with Gasteiger partial charge in [0.15, 0.2) is 0 Å². The molecule has 1 N–H and O–H groups in total. The van der Waals surface area contributed by atoms with Gasteiger partial charge in [-0.25, -0.2) is 13.4 Å². The zero-order valence-corrected chi connectivity index (χ0v) is 17.9. The normalized spacial score (nSPS) is 15.4. The minimum absolute atomic E-state index is 0.118. The van der Waals surface area contributed by atoms with Crippen LogP contribution in [0.4, 0.5) is 5.69 Å². The fourth-order valence-corrected chi connectivity index (χ4v) is 5.47. The Morgan fingerprint density at radius 3 is 2.60 bits per heavy atom. The summed E-state index contributed by atoms with van der Waals surface area (Å²) in [6.45, 7) is 3.22. The zero-order valence-electron chi connectivity index (χ0n) is 17.0. The van der Waals surface area contributed by atoms with Crippen LogP contribution >= 0.6 is 0 Å². The molecule has 1 amide bonds. The van der Waals surface area contributed by atoms with Crippen molar-refractivity contribution in [3.05, 3.63) is 54.4 Å². The van der Waals surface area contributed by atoms with E-state index < -0.39 is 10.0 Å². The van der Waals surface area contributed by atoms with Crippen LogP contribution in [0.5, 0.6) is 0 Å². The molecule has 1 aliphatic rings. The van der Waals surface area contributed by atoms with Gasteiger partial charge in [0.2, 0.25) is 15.9 Å². The van der Waals surface area contributed by atoms with Crippen LogP contribution in [0, 0.1) is 0 Å². The molecule has 0 saturated carbocycles. The van der Waals surface area contributed by atoms with Crippen LogP contribution < -0.4 is 5.32 Å². The van der Waals surface area contributed by atoms with Gasteiger partial charge in [-0.1, -0.05) is 31.5 Å². The molecule has 158 valence electrons. The van der Waals surface area contributed by atoms with E-state index in [1.165, 1.54) is 10.4 Å². The Labute approximate surface area is 176 Å². The van der Waals surface area contributed by atoms with E-state index in [0.29, 0.717) is 25.2 Å². The Hall–Kier alpha value is -2.71. The topological polar surface area (TPSA) is 84.3 Å². The summed E-state index contributed by atoms with van der Waals surface area (Å²) in [5.41, 5.74) is 2.24. The van der Waals surface area contributed by atoms with E-state index >= 15 is 0 Å². The molecule has 0 spiro atoms. The fraction of sp³-hybridized carbons (Fsp3) is 0.364. The molecular weight excluding hydrogens is 400 g/mol. The van der Waals surface area contributed by atoms with Gasteiger partial charge in [-0.2, -0.15) is 4.31 Å². The molecule has 1 fully saturated rings. The Morgan fingerprint density at radius 1 is 1.07 bits per heavy atom. The molecule has 1 aromatic heterocycles. The number of hydrogen-bond donors (Lipinski definition) is 1. The largest absolute Gasteiger partial charge is 0.324 e. The van der Waals surface area contributed by atoms with Crippen LogP contribution in [0.15, 0.2) is 53.4 Å². The molecule has 0 radical (unpaired) electrons. The average molecular weight is 427 g/mol. The third-order valence-corrected chi connectivity index (χ3v) is 7.32. The molecule has 1 aliphatic heterocycles. The van der Waals surface area contributed by atoms with Gasteiger partial charge in [0.1, 0.15) is 12.4 Å². The summed E-state index contributed by atoms with van der Waals surface area (Å²) < 4.78 is 29.3. The first-order valence-corrected chi connectivity index (χ1v) is 11.8. The first-order valence-electron chi connectivity index (χ1n) is 10.3. The molecule has 3 aromatic rings. The van der Waals surface area contributed by atoms with Crippen LogP contribution in [0.1, 0.15) is 32.0 Å². The SMILES string of the molecule is CCc1nc2ccccc2n1CC(=O)Nc1cccc(S(=O)(=O)N2CCCCC2)c1. The number of anilines is 1. The standard InChI is InChI=1S/C22H26N4O3S/c1-2-21-24-19-11-4-5-12-20(19)26(21)16-22(27)23-17-9-8-10-18(15-17)30(28,29)25-13-6-3-7-14-25/h4-5,8-12,15H,2-3,6-7,13-14,16H2,1H3,(H,23,27). The number of piperidine rings is 1. The maximum Gasteiger partial charge on any atom is 0.244 e. The van der Waals surface area contributed by atoms with Gasteiger partial charge in [0.05, 0.1) is 15.9 Å². The van der Waals surface area contributed by atoms with Gasteiger partial charge in [-0.05, 0) is 43.2 Å². The number of para-hydroxylation sites is 2. The minimum atomic E-state index is -3.54. The Kier molecular flexibility index (Phi) is 5.87. The van der Waals surface area contributed by atoms with Gasteiger partial charge in [-0.15, -0.1) is 0 Å². The maximum absolute atomic E-state index is 12.9. The molecule has 0 aliphatic carbocycles. The highest BCUT2D eigenvalue weighted by atomic mass is 32.2. The van der Waals surface area contributed by atoms with E-state index in [0.717, 1.165) is 36.1 Å². The summed E-state index contributed by atoms with van der Waals surface area (Å²) in [6.07, 6.45) is 3.54. The van der Waals surface area contributed by atoms with E-state index in [2.05, 4.69) is 10.3 Å². The lowest BCUT2D eigenvalue weighted by atomic mass is 10.2. The smallest absolute Gasteiger partial charge is 0.244 e. The highest BCUT2D eigenvalue weighted by Gasteiger charge is 2.26. The molecule has 2 aromatic carbocycles. The van der Waals surface area contributed by atoms with Crippen molar-refractivity contribution in [2.75, 3.05) is 18.4 Å². The number of hydrogen-bond acceptors (Lipinski definition) is 4. The van der Waals surface area contributed by atoms with E-state index in [-0.39, 0.29) is 17.3 Å². The quantitative estimate of drug-likeness (QED) is 0.655. The number of imidazole rings is 1. The average Bonchev–Trinajstić information content (AvgIpc) is 3.12. The van der Waals surface area contributed by atoms with Crippen LogP contribution in [-0.2, 0) is 27.8 Å². The minimum Gasteiger partial charge on any atom is -0.324 e. The second-order valence-corrected chi connectivity index (χ2v) is 9.44. The van der Waals surface area contributed by atoms with Gasteiger partial charge in [-0.3, -0.25) is 4.79 Å². The summed E-state index contributed by atoms with van der Waals surface area (Å²) in [5.74, 6) is 0.619. The molecule has 0 unspecified atom stereocenters. The second-order valence-electron chi connectivity index (χ2n) is 7.50. The Balaban J connectivity index is 1.53. The van der Waals surface area contributed by atoms with Crippen molar-refractivity contribution in [3.63, 3.8) is 0 Å². The van der Waals surface area contributed by atoms with E-state index in [4.69, 9.17) is 0 Å². The summed E-state index contributed by atoms with van der Waals surface area (Å²) >= 11 is 0. The van der Waals surface area contributed by atoms with Crippen LogP contribution in [0.2, 0.25) is 0 Å². The van der Waals surface area contributed by atoms with Crippen LogP contribution in [0.25, 0.3) is 11.0 Å².